The van der Waals surface area contributed by atoms with Crippen LogP contribution in [0.25, 0.3) is 0 Å². The molecular formula is C12H19N3O4. The summed E-state index contributed by atoms with van der Waals surface area (Å²) in [4.78, 5) is 36.2. The third-order valence-electron chi connectivity index (χ3n) is 2.97. The number of hydrogen-bond donors (Lipinski definition) is 2. The van der Waals surface area contributed by atoms with E-state index in [0.29, 0.717) is 13.0 Å². The van der Waals surface area contributed by atoms with E-state index in [1.54, 1.807) is 16.8 Å². The van der Waals surface area contributed by atoms with Gasteiger partial charge in [0, 0.05) is 25.9 Å². The van der Waals surface area contributed by atoms with Gasteiger partial charge in [-0.2, -0.15) is 0 Å². The monoisotopic (exact) mass is 269 g/mol. The van der Waals surface area contributed by atoms with E-state index < -0.39 is 5.91 Å². The van der Waals surface area contributed by atoms with Gasteiger partial charge in [0.1, 0.15) is 0 Å². The normalized spacial score (nSPS) is 18.6. The number of imide groups is 1. The molecular weight excluding hydrogens is 250 g/mol. The fraction of sp³-hybridized carbons (Fsp3) is 0.583. The van der Waals surface area contributed by atoms with Crippen molar-refractivity contribution in [1.29, 1.82) is 0 Å². The summed E-state index contributed by atoms with van der Waals surface area (Å²) in [5.74, 6) is -0.622. The number of likely N-dealkylation sites (N-methyl/N-ethyl adjacent to an activating group) is 1. The van der Waals surface area contributed by atoms with Crippen LogP contribution in [0.3, 0.4) is 0 Å². The number of nitrogens with one attached hydrogen (secondary N) is 1. The molecule has 1 heterocycles. The number of aliphatic hydroxyl groups excluding tert-OH is 1. The summed E-state index contributed by atoms with van der Waals surface area (Å²) in [5, 5.41) is 11.1. The number of likely N-dealkylation sites (tertiary alicyclic amines) is 1. The Bertz CT molecular complexity index is 370. The third kappa shape index (κ3) is 4.70. The Morgan fingerprint density at radius 1 is 1.53 bits per heavy atom. The number of carbonyl (C=O) groups excluding carboxylic acids is 3. The van der Waals surface area contributed by atoms with Gasteiger partial charge in [-0.3, -0.25) is 19.7 Å². The molecule has 0 bridgehead atoms. The maximum atomic E-state index is 12.0. The highest BCUT2D eigenvalue weighted by atomic mass is 16.3. The summed E-state index contributed by atoms with van der Waals surface area (Å²) < 4.78 is 0. The highest BCUT2D eigenvalue weighted by Crippen LogP contribution is 2.16. The Labute approximate surface area is 111 Å². The maximum Gasteiger partial charge on any atom is 0.251 e. The standard InChI is InChI=1S/C12H19N3O4/c1-14(6-4-11(18)13-9-17)7-12(19)15-5-2-3-10(15)8-16/h4,6,9-10,16H,2-3,5,7-8H2,1H3,(H,13,17,18)/b6-4-. The van der Waals surface area contributed by atoms with Crippen LogP contribution in [0, 0.1) is 0 Å². The second-order valence-corrected chi connectivity index (χ2v) is 4.42. The molecule has 1 fully saturated rings. The summed E-state index contributed by atoms with van der Waals surface area (Å²) in [7, 11) is 1.66. The molecule has 0 aliphatic carbocycles. The fourth-order valence-corrected chi connectivity index (χ4v) is 2.01. The lowest BCUT2D eigenvalue weighted by atomic mass is 10.2. The van der Waals surface area contributed by atoms with E-state index in [2.05, 4.69) is 0 Å². The highest BCUT2D eigenvalue weighted by molar-refractivity contribution is 5.94. The first-order valence-electron chi connectivity index (χ1n) is 6.11. The average molecular weight is 269 g/mol. The van der Waals surface area contributed by atoms with Crippen molar-refractivity contribution in [1.82, 2.24) is 15.1 Å². The fourth-order valence-electron chi connectivity index (χ4n) is 2.01. The van der Waals surface area contributed by atoms with Crippen LogP contribution < -0.4 is 5.32 Å². The van der Waals surface area contributed by atoms with Gasteiger partial charge in [0.2, 0.25) is 12.3 Å². The molecule has 0 aromatic heterocycles. The van der Waals surface area contributed by atoms with Gasteiger partial charge in [-0.1, -0.05) is 0 Å². The van der Waals surface area contributed by atoms with Crippen LogP contribution in [0.2, 0.25) is 0 Å². The van der Waals surface area contributed by atoms with Crippen LogP contribution in [-0.4, -0.2) is 65.9 Å². The maximum absolute atomic E-state index is 12.0. The van der Waals surface area contributed by atoms with E-state index in [9.17, 15) is 14.4 Å². The lowest BCUT2D eigenvalue weighted by Gasteiger charge is -2.25. The van der Waals surface area contributed by atoms with E-state index in [1.165, 1.54) is 12.3 Å². The summed E-state index contributed by atoms with van der Waals surface area (Å²) in [6.07, 6.45) is 4.63. The van der Waals surface area contributed by atoms with Gasteiger partial charge in [-0.25, -0.2) is 0 Å². The Hall–Kier alpha value is -1.89. The lowest BCUT2D eigenvalue weighted by molar-refractivity contribution is -0.133. The Morgan fingerprint density at radius 3 is 2.89 bits per heavy atom. The summed E-state index contributed by atoms with van der Waals surface area (Å²) >= 11 is 0. The first-order valence-corrected chi connectivity index (χ1v) is 6.11. The van der Waals surface area contributed by atoms with Crippen molar-refractivity contribution in [2.45, 2.75) is 18.9 Å². The first kappa shape index (κ1) is 15.2. The zero-order valence-electron chi connectivity index (χ0n) is 10.9. The van der Waals surface area contributed by atoms with E-state index >= 15 is 0 Å². The SMILES string of the molecule is CN(/C=C\C(=O)NC=O)CC(=O)N1CCCC1CO. The topological polar surface area (TPSA) is 90.0 Å². The van der Waals surface area contributed by atoms with Crippen molar-refractivity contribution in [2.24, 2.45) is 0 Å². The molecule has 0 spiro atoms. The smallest absolute Gasteiger partial charge is 0.251 e. The van der Waals surface area contributed by atoms with E-state index in [4.69, 9.17) is 5.11 Å². The van der Waals surface area contributed by atoms with Crippen LogP contribution in [0.15, 0.2) is 12.3 Å². The van der Waals surface area contributed by atoms with Crippen LogP contribution in [-0.2, 0) is 14.4 Å². The lowest BCUT2D eigenvalue weighted by Crippen LogP contribution is -2.42. The molecule has 1 saturated heterocycles. The quantitative estimate of drug-likeness (QED) is 0.461. The third-order valence-corrected chi connectivity index (χ3v) is 2.97. The van der Waals surface area contributed by atoms with Crippen molar-refractivity contribution >= 4 is 18.2 Å². The van der Waals surface area contributed by atoms with Gasteiger partial charge >= 0.3 is 0 Å². The predicted molar refractivity (Wildman–Crippen MR) is 67.8 cm³/mol. The van der Waals surface area contributed by atoms with Gasteiger partial charge in [0.05, 0.1) is 19.2 Å². The average Bonchev–Trinajstić information content (AvgIpc) is 2.85. The van der Waals surface area contributed by atoms with E-state index in [-0.39, 0.29) is 25.1 Å². The predicted octanol–water partition coefficient (Wildman–Crippen LogP) is -1.31. The molecule has 7 nitrogen and oxygen atoms in total. The molecule has 1 rings (SSSR count). The Morgan fingerprint density at radius 2 is 2.26 bits per heavy atom. The van der Waals surface area contributed by atoms with Crippen LogP contribution in [0.4, 0.5) is 0 Å². The second-order valence-electron chi connectivity index (χ2n) is 4.42. The van der Waals surface area contributed by atoms with Gasteiger partial charge in [0.25, 0.3) is 5.91 Å². The molecule has 1 atom stereocenters. The van der Waals surface area contributed by atoms with Crippen molar-refractivity contribution < 1.29 is 19.5 Å². The van der Waals surface area contributed by atoms with Gasteiger partial charge < -0.3 is 14.9 Å². The molecule has 0 aromatic carbocycles. The van der Waals surface area contributed by atoms with Gasteiger partial charge in [0.15, 0.2) is 0 Å². The van der Waals surface area contributed by atoms with Crippen LogP contribution >= 0.6 is 0 Å². The zero-order chi connectivity index (χ0) is 14.3. The summed E-state index contributed by atoms with van der Waals surface area (Å²) in [6.45, 7) is 0.766. The minimum atomic E-state index is -0.538. The van der Waals surface area contributed by atoms with Crippen molar-refractivity contribution in [3.8, 4) is 0 Å². The second kappa shape index (κ2) is 7.52. The number of amides is 3. The van der Waals surface area contributed by atoms with Crippen molar-refractivity contribution in [3.05, 3.63) is 12.3 Å². The zero-order valence-corrected chi connectivity index (χ0v) is 10.9. The molecule has 19 heavy (non-hydrogen) atoms. The minimum Gasteiger partial charge on any atom is -0.394 e. The molecule has 3 amide bonds. The molecule has 7 heteroatoms. The van der Waals surface area contributed by atoms with E-state index in [0.717, 1.165) is 12.8 Å². The minimum absolute atomic E-state index is 0.0208. The van der Waals surface area contributed by atoms with Crippen molar-refractivity contribution in [3.63, 3.8) is 0 Å². The number of carbonyl (C=O) groups is 3. The Balaban J connectivity index is 2.43. The number of hydrogen-bond acceptors (Lipinski definition) is 5. The molecule has 2 N–H and O–H groups in total. The number of aliphatic hydroxyl groups is 1. The molecule has 1 aliphatic rings. The highest BCUT2D eigenvalue weighted by Gasteiger charge is 2.27. The Kier molecular flexibility index (Phi) is 6.01. The molecule has 0 saturated carbocycles. The largest absolute Gasteiger partial charge is 0.394 e. The van der Waals surface area contributed by atoms with Crippen molar-refractivity contribution in [2.75, 3.05) is 26.7 Å². The van der Waals surface area contributed by atoms with E-state index in [1.807, 2.05) is 5.32 Å². The van der Waals surface area contributed by atoms with Gasteiger partial charge in [-0.15, -0.1) is 0 Å². The first-order chi connectivity index (χ1) is 9.08. The molecule has 106 valence electrons. The summed E-state index contributed by atoms with van der Waals surface area (Å²) in [5.41, 5.74) is 0. The van der Waals surface area contributed by atoms with Crippen LogP contribution in [0.5, 0.6) is 0 Å². The van der Waals surface area contributed by atoms with Crippen LogP contribution in [0.1, 0.15) is 12.8 Å². The molecule has 0 radical (unpaired) electrons. The number of nitrogens with zero attached hydrogens (tertiary/aromatic N) is 2. The molecule has 1 unspecified atom stereocenters. The summed E-state index contributed by atoms with van der Waals surface area (Å²) in [6, 6.07) is -0.0942. The number of rotatable bonds is 6. The van der Waals surface area contributed by atoms with Gasteiger partial charge in [-0.05, 0) is 12.8 Å². The molecule has 1 aliphatic heterocycles. The molecule has 0 aromatic rings.